The maximum absolute atomic E-state index is 7.07. The van der Waals surface area contributed by atoms with Crippen molar-refractivity contribution >= 4 is 21.8 Å². The van der Waals surface area contributed by atoms with E-state index in [0.717, 1.165) is 12.8 Å². The highest BCUT2D eigenvalue weighted by Gasteiger charge is 2.04. The highest BCUT2D eigenvalue weighted by atomic mass is 79.9. The molecule has 60 valence electrons. The summed E-state index contributed by atoms with van der Waals surface area (Å²) in [5.41, 5.74) is 5.25. The molecule has 10 heavy (non-hydrogen) atoms. The van der Waals surface area contributed by atoms with Crippen LogP contribution in [0.1, 0.15) is 32.6 Å². The van der Waals surface area contributed by atoms with E-state index in [1.165, 1.54) is 12.8 Å². The lowest BCUT2D eigenvalue weighted by molar-refractivity contribution is 0.689. The zero-order chi connectivity index (χ0) is 7.98. The van der Waals surface area contributed by atoms with E-state index in [1.807, 2.05) is 0 Å². The molecule has 0 aromatic rings. The van der Waals surface area contributed by atoms with Crippen LogP contribution in [0.5, 0.6) is 0 Å². The summed E-state index contributed by atoms with van der Waals surface area (Å²) in [6.07, 6.45) is 4.60. The Labute approximate surface area is 70.8 Å². The van der Waals surface area contributed by atoms with Crippen LogP contribution in [0, 0.1) is 5.41 Å². The average Bonchev–Trinajstić information content (AvgIpc) is 1.88. The fourth-order valence-electron chi connectivity index (χ4n) is 0.729. The second-order valence-corrected chi connectivity index (χ2v) is 3.52. The number of rotatable bonds is 5. The lowest BCUT2D eigenvalue weighted by Crippen LogP contribution is -2.21. The van der Waals surface area contributed by atoms with Crippen LogP contribution in [-0.4, -0.2) is 10.7 Å². The fourth-order valence-corrected chi connectivity index (χ4v) is 1.05. The van der Waals surface area contributed by atoms with Crippen LogP contribution in [-0.2, 0) is 0 Å². The molecule has 1 unspecified atom stereocenters. The first-order valence-electron chi connectivity index (χ1n) is 3.66. The Kier molecular flexibility index (Phi) is 5.69. The summed E-state index contributed by atoms with van der Waals surface area (Å²) in [7, 11) is 0. The van der Waals surface area contributed by atoms with Crippen LogP contribution < -0.4 is 5.73 Å². The molecule has 2 nitrogen and oxygen atoms in total. The van der Waals surface area contributed by atoms with Gasteiger partial charge in [0.15, 0.2) is 0 Å². The summed E-state index contributed by atoms with van der Waals surface area (Å²) in [5.74, 6) is 0.246. The monoisotopic (exact) mass is 206 g/mol. The van der Waals surface area contributed by atoms with E-state index in [9.17, 15) is 0 Å². The second kappa shape index (κ2) is 5.71. The van der Waals surface area contributed by atoms with Crippen LogP contribution in [0.4, 0.5) is 0 Å². The van der Waals surface area contributed by atoms with Crippen LogP contribution in [0.25, 0.3) is 0 Å². The first-order valence-corrected chi connectivity index (χ1v) is 4.58. The van der Waals surface area contributed by atoms with Gasteiger partial charge < -0.3 is 5.73 Å². The molecule has 1 atom stereocenters. The third-order valence-corrected chi connectivity index (χ3v) is 2.35. The molecule has 0 amide bonds. The summed E-state index contributed by atoms with van der Waals surface area (Å²) in [6, 6.07) is 0. The molecule has 0 saturated carbocycles. The Balaban J connectivity index is 3.21. The average molecular weight is 207 g/mol. The molecule has 0 bridgehead atoms. The highest BCUT2D eigenvalue weighted by Crippen LogP contribution is 2.09. The van der Waals surface area contributed by atoms with E-state index in [2.05, 4.69) is 22.9 Å². The van der Waals surface area contributed by atoms with Crippen molar-refractivity contribution in [1.29, 1.82) is 5.41 Å². The Hall–Kier alpha value is -0.0500. The smallest absolute Gasteiger partial charge is 0.105 e. The van der Waals surface area contributed by atoms with Crippen molar-refractivity contribution in [1.82, 2.24) is 0 Å². The molecule has 0 aromatic carbocycles. The Morgan fingerprint density at radius 2 is 2.20 bits per heavy atom. The molecular formula is C7H15BrN2. The van der Waals surface area contributed by atoms with Crippen molar-refractivity contribution < 1.29 is 0 Å². The van der Waals surface area contributed by atoms with Gasteiger partial charge in [-0.25, -0.2) is 0 Å². The molecular weight excluding hydrogens is 192 g/mol. The quantitative estimate of drug-likeness (QED) is 0.309. The number of amidine groups is 1. The van der Waals surface area contributed by atoms with Gasteiger partial charge in [0.25, 0.3) is 0 Å². The molecule has 0 radical (unpaired) electrons. The van der Waals surface area contributed by atoms with E-state index in [-0.39, 0.29) is 10.7 Å². The Morgan fingerprint density at radius 3 is 2.60 bits per heavy atom. The lowest BCUT2D eigenvalue weighted by atomic mass is 10.1. The number of alkyl halides is 1. The topological polar surface area (TPSA) is 49.9 Å². The van der Waals surface area contributed by atoms with Crippen molar-refractivity contribution in [3.8, 4) is 0 Å². The first kappa shape index (κ1) is 9.95. The molecule has 0 aliphatic carbocycles. The van der Waals surface area contributed by atoms with Gasteiger partial charge in [0.2, 0.25) is 0 Å². The maximum Gasteiger partial charge on any atom is 0.105 e. The minimum absolute atomic E-state index is 0.0963. The number of nitrogens with one attached hydrogen (secondary N) is 1. The van der Waals surface area contributed by atoms with Crippen molar-refractivity contribution in [2.75, 3.05) is 0 Å². The zero-order valence-electron chi connectivity index (χ0n) is 6.36. The molecule has 3 N–H and O–H groups in total. The largest absolute Gasteiger partial charge is 0.387 e. The van der Waals surface area contributed by atoms with Gasteiger partial charge in [0, 0.05) is 0 Å². The molecule has 0 aromatic heterocycles. The maximum atomic E-state index is 7.07. The normalized spacial score (nSPS) is 13.0. The Bertz CT molecular complexity index is 104. The standard InChI is InChI=1S/C7H15BrN2/c1-2-3-4-5-6(8)7(9)10/h6H,2-5H2,1H3,(H3,9,10). The van der Waals surface area contributed by atoms with Crippen LogP contribution in [0.15, 0.2) is 0 Å². The molecule has 0 spiro atoms. The summed E-state index contributed by atoms with van der Waals surface area (Å²) < 4.78 is 0. The SMILES string of the molecule is CCCCCC(Br)C(=N)N. The van der Waals surface area contributed by atoms with Gasteiger partial charge in [-0.15, -0.1) is 0 Å². The van der Waals surface area contributed by atoms with Crippen molar-refractivity contribution in [2.45, 2.75) is 37.4 Å². The molecule has 0 saturated heterocycles. The minimum Gasteiger partial charge on any atom is -0.387 e. The van der Waals surface area contributed by atoms with Gasteiger partial charge in [-0.3, -0.25) is 5.41 Å². The predicted octanol–water partition coefficient (Wildman–Crippen LogP) is 2.27. The predicted molar refractivity (Wildman–Crippen MR) is 48.8 cm³/mol. The van der Waals surface area contributed by atoms with Gasteiger partial charge in [-0.1, -0.05) is 42.1 Å². The van der Waals surface area contributed by atoms with Crippen LogP contribution in [0.3, 0.4) is 0 Å². The van der Waals surface area contributed by atoms with Crippen molar-refractivity contribution in [2.24, 2.45) is 5.73 Å². The van der Waals surface area contributed by atoms with Gasteiger partial charge in [-0.05, 0) is 6.42 Å². The number of halogens is 1. The summed E-state index contributed by atoms with van der Waals surface area (Å²) in [5, 5.41) is 7.07. The number of hydrogen-bond donors (Lipinski definition) is 2. The fraction of sp³-hybridized carbons (Fsp3) is 0.857. The van der Waals surface area contributed by atoms with Crippen LogP contribution in [0.2, 0.25) is 0 Å². The second-order valence-electron chi connectivity index (χ2n) is 2.42. The van der Waals surface area contributed by atoms with E-state index in [0.29, 0.717) is 0 Å². The van der Waals surface area contributed by atoms with Crippen molar-refractivity contribution in [3.05, 3.63) is 0 Å². The third-order valence-electron chi connectivity index (χ3n) is 1.40. The summed E-state index contributed by atoms with van der Waals surface area (Å²) in [6.45, 7) is 2.16. The van der Waals surface area contributed by atoms with E-state index in [1.54, 1.807) is 0 Å². The molecule has 0 aliphatic rings. The molecule has 0 aliphatic heterocycles. The van der Waals surface area contributed by atoms with Gasteiger partial charge >= 0.3 is 0 Å². The molecule has 3 heteroatoms. The van der Waals surface area contributed by atoms with E-state index < -0.39 is 0 Å². The van der Waals surface area contributed by atoms with E-state index in [4.69, 9.17) is 11.1 Å². The summed E-state index contributed by atoms with van der Waals surface area (Å²) in [4.78, 5) is 0.0963. The van der Waals surface area contributed by atoms with Gasteiger partial charge in [-0.2, -0.15) is 0 Å². The molecule has 0 heterocycles. The number of nitrogens with two attached hydrogens (primary N) is 1. The number of hydrogen-bond acceptors (Lipinski definition) is 1. The van der Waals surface area contributed by atoms with Crippen molar-refractivity contribution in [3.63, 3.8) is 0 Å². The third kappa shape index (κ3) is 4.79. The number of unbranched alkanes of at least 4 members (excludes halogenated alkanes) is 2. The van der Waals surface area contributed by atoms with Crippen LogP contribution >= 0.6 is 15.9 Å². The summed E-state index contributed by atoms with van der Waals surface area (Å²) >= 11 is 3.32. The minimum atomic E-state index is 0.0963. The van der Waals surface area contributed by atoms with Gasteiger partial charge in [0.05, 0.1) is 4.83 Å². The highest BCUT2D eigenvalue weighted by molar-refractivity contribution is 9.10. The molecule has 0 fully saturated rings. The first-order chi connectivity index (χ1) is 4.68. The van der Waals surface area contributed by atoms with E-state index >= 15 is 0 Å². The zero-order valence-corrected chi connectivity index (χ0v) is 7.95. The van der Waals surface area contributed by atoms with Gasteiger partial charge in [0.1, 0.15) is 5.84 Å². The lowest BCUT2D eigenvalue weighted by Gasteiger charge is -2.05. The molecule has 0 rings (SSSR count). The Morgan fingerprint density at radius 1 is 1.60 bits per heavy atom.